The molecule has 1 amide bonds. The Morgan fingerprint density at radius 1 is 1.24 bits per heavy atom. The number of nitrogens with zero attached hydrogens (tertiary/aromatic N) is 1. The van der Waals surface area contributed by atoms with Crippen molar-refractivity contribution in [1.82, 2.24) is 0 Å². The molecule has 0 saturated carbocycles. The molecule has 1 fully saturated rings. The number of carbonyl (C=O) groups is 1. The third-order valence-electron chi connectivity index (χ3n) is 6.02. The lowest BCUT2D eigenvalue weighted by Crippen LogP contribution is -2.34. The predicted molar refractivity (Wildman–Crippen MR) is 118 cm³/mol. The lowest BCUT2D eigenvalue weighted by molar-refractivity contribution is -0.110. The number of piperidine rings is 1. The monoisotopic (exact) mass is 393 g/mol. The molecule has 2 aliphatic rings. The molecule has 0 unspecified atom stereocenters. The van der Waals surface area contributed by atoms with Crippen molar-refractivity contribution in [2.45, 2.75) is 39.5 Å². The van der Waals surface area contributed by atoms with E-state index < -0.39 is 0 Å². The molecule has 4 nitrogen and oxygen atoms in total. The van der Waals surface area contributed by atoms with Crippen molar-refractivity contribution in [3.63, 3.8) is 0 Å². The fourth-order valence-corrected chi connectivity index (χ4v) is 4.45. The van der Waals surface area contributed by atoms with E-state index in [0.29, 0.717) is 16.9 Å². The van der Waals surface area contributed by atoms with E-state index >= 15 is 0 Å². The van der Waals surface area contributed by atoms with Crippen LogP contribution in [0.1, 0.15) is 43.7 Å². The van der Waals surface area contributed by atoms with Crippen LogP contribution in [-0.2, 0) is 4.79 Å². The van der Waals surface area contributed by atoms with Crippen molar-refractivity contribution in [2.75, 3.05) is 28.6 Å². The average molecular weight is 394 g/mol. The van der Waals surface area contributed by atoms with Gasteiger partial charge in [-0.3, -0.25) is 4.79 Å². The van der Waals surface area contributed by atoms with Crippen LogP contribution in [0.3, 0.4) is 0 Å². The highest BCUT2D eigenvalue weighted by Gasteiger charge is 2.25. The molecule has 0 atom stereocenters. The minimum absolute atomic E-state index is 0.145. The van der Waals surface area contributed by atoms with E-state index in [-0.39, 0.29) is 11.7 Å². The van der Waals surface area contributed by atoms with Crippen LogP contribution < -0.4 is 15.5 Å². The van der Waals surface area contributed by atoms with Gasteiger partial charge in [0.2, 0.25) is 0 Å². The van der Waals surface area contributed by atoms with Crippen LogP contribution in [-0.4, -0.2) is 19.0 Å². The number of benzene rings is 2. The van der Waals surface area contributed by atoms with E-state index in [9.17, 15) is 9.18 Å². The van der Waals surface area contributed by atoms with Gasteiger partial charge in [0, 0.05) is 36.2 Å². The van der Waals surface area contributed by atoms with Crippen LogP contribution in [0.15, 0.2) is 42.6 Å². The van der Waals surface area contributed by atoms with E-state index in [1.54, 1.807) is 6.20 Å². The Morgan fingerprint density at radius 3 is 2.76 bits per heavy atom. The maximum absolute atomic E-state index is 14.8. The minimum atomic E-state index is -0.227. The van der Waals surface area contributed by atoms with Crippen LogP contribution in [0.25, 0.3) is 5.57 Å². The van der Waals surface area contributed by atoms with E-state index in [2.05, 4.69) is 22.5 Å². The number of carbonyl (C=O) groups excluding carboxylic acids is 1. The first kappa shape index (κ1) is 19.5. The van der Waals surface area contributed by atoms with Crippen LogP contribution >= 0.6 is 0 Å². The Kier molecular flexibility index (Phi) is 5.56. The summed E-state index contributed by atoms with van der Waals surface area (Å²) >= 11 is 0. The molecular formula is C24H28FN3O. The van der Waals surface area contributed by atoms with Gasteiger partial charge in [0.15, 0.2) is 0 Å². The molecule has 2 aliphatic heterocycles. The van der Waals surface area contributed by atoms with E-state index in [1.807, 2.05) is 37.3 Å². The maximum atomic E-state index is 14.8. The van der Waals surface area contributed by atoms with Crippen molar-refractivity contribution in [2.24, 2.45) is 5.92 Å². The summed E-state index contributed by atoms with van der Waals surface area (Å²) < 4.78 is 14.8. The zero-order valence-electron chi connectivity index (χ0n) is 17.1. The lowest BCUT2D eigenvalue weighted by Gasteiger charge is -2.33. The zero-order valence-corrected chi connectivity index (χ0v) is 17.1. The number of hydrogen-bond donors (Lipinski definition) is 2. The first-order valence-electron chi connectivity index (χ1n) is 10.5. The Hall–Kier alpha value is -2.82. The predicted octanol–water partition coefficient (Wildman–Crippen LogP) is 5.56. The normalized spacial score (nSPS) is 18.1. The van der Waals surface area contributed by atoms with Gasteiger partial charge in [-0.05, 0) is 55.5 Å². The Labute approximate surface area is 171 Å². The van der Waals surface area contributed by atoms with Crippen LogP contribution in [0.4, 0.5) is 21.5 Å². The second-order valence-electron chi connectivity index (χ2n) is 8.04. The summed E-state index contributed by atoms with van der Waals surface area (Å²) in [6.07, 6.45) is 6.42. The summed E-state index contributed by atoms with van der Waals surface area (Å²) in [4.78, 5) is 14.5. The third kappa shape index (κ3) is 4.00. The molecule has 0 spiro atoms. The van der Waals surface area contributed by atoms with Gasteiger partial charge in [-0.15, -0.1) is 0 Å². The second-order valence-corrected chi connectivity index (χ2v) is 8.04. The molecule has 152 valence electrons. The van der Waals surface area contributed by atoms with Gasteiger partial charge in [-0.1, -0.05) is 31.9 Å². The minimum Gasteiger partial charge on any atom is -0.369 e. The fourth-order valence-electron chi connectivity index (χ4n) is 4.45. The molecule has 0 aliphatic carbocycles. The third-order valence-corrected chi connectivity index (χ3v) is 6.02. The number of aryl methyl sites for hydroxylation is 1. The van der Waals surface area contributed by atoms with Crippen LogP contribution in [0, 0.1) is 18.7 Å². The topological polar surface area (TPSA) is 44.4 Å². The number of anilines is 3. The molecule has 0 bridgehead atoms. The fraction of sp³-hybridized carbons (Fsp3) is 0.375. The molecule has 2 aromatic rings. The number of halogens is 1. The van der Waals surface area contributed by atoms with E-state index in [1.165, 1.54) is 18.9 Å². The molecule has 2 aromatic carbocycles. The van der Waals surface area contributed by atoms with Crippen LogP contribution in [0.5, 0.6) is 0 Å². The van der Waals surface area contributed by atoms with Crippen molar-refractivity contribution >= 4 is 28.5 Å². The molecule has 0 aromatic heterocycles. The molecule has 2 N–H and O–H groups in total. The molecule has 4 rings (SSSR count). The molecule has 29 heavy (non-hydrogen) atoms. The summed E-state index contributed by atoms with van der Waals surface area (Å²) in [6.45, 7) is 6.02. The summed E-state index contributed by atoms with van der Waals surface area (Å²) in [7, 11) is 0. The standard InChI is InChI=1S/C24H28FN3O/c1-3-5-17-10-12-28(13-11-17)22-9-8-18(14-20(22)25)26-15-19-23-16(2)6-4-7-21(23)27-24(19)29/h4,6-9,14-15,17,26H,3,5,10-13H2,1-2H3,(H,27,29)/b19-15+. The number of rotatable bonds is 5. The number of hydrogen-bond acceptors (Lipinski definition) is 3. The Balaban J connectivity index is 1.47. The maximum Gasteiger partial charge on any atom is 0.257 e. The molecule has 5 heteroatoms. The Bertz CT molecular complexity index is 945. The van der Waals surface area contributed by atoms with Gasteiger partial charge in [0.1, 0.15) is 5.82 Å². The van der Waals surface area contributed by atoms with Gasteiger partial charge >= 0.3 is 0 Å². The molecular weight excluding hydrogens is 365 g/mol. The number of nitrogens with one attached hydrogen (secondary N) is 2. The Morgan fingerprint density at radius 2 is 2.03 bits per heavy atom. The molecule has 0 radical (unpaired) electrons. The lowest BCUT2D eigenvalue weighted by atomic mass is 9.92. The second kappa shape index (κ2) is 8.27. The summed E-state index contributed by atoms with van der Waals surface area (Å²) in [5, 5.41) is 5.97. The average Bonchev–Trinajstić information content (AvgIpc) is 3.04. The zero-order chi connectivity index (χ0) is 20.4. The number of fused-ring (bicyclic) bond motifs is 1. The molecule has 2 heterocycles. The van der Waals surface area contributed by atoms with Crippen LogP contribution in [0.2, 0.25) is 0 Å². The first-order chi connectivity index (χ1) is 14.1. The highest BCUT2D eigenvalue weighted by Crippen LogP contribution is 2.34. The van der Waals surface area contributed by atoms with Gasteiger partial charge in [0.05, 0.1) is 11.3 Å². The molecule has 1 saturated heterocycles. The highest BCUT2D eigenvalue weighted by atomic mass is 19.1. The van der Waals surface area contributed by atoms with Gasteiger partial charge in [0.25, 0.3) is 5.91 Å². The van der Waals surface area contributed by atoms with Crippen molar-refractivity contribution in [1.29, 1.82) is 0 Å². The van der Waals surface area contributed by atoms with Crippen molar-refractivity contribution in [3.05, 3.63) is 59.5 Å². The number of amides is 1. The van der Waals surface area contributed by atoms with Gasteiger partial charge in [-0.2, -0.15) is 0 Å². The van der Waals surface area contributed by atoms with Gasteiger partial charge < -0.3 is 15.5 Å². The smallest absolute Gasteiger partial charge is 0.257 e. The summed E-state index contributed by atoms with van der Waals surface area (Å²) in [5.74, 6) is 0.402. The van der Waals surface area contributed by atoms with E-state index in [4.69, 9.17) is 0 Å². The highest BCUT2D eigenvalue weighted by molar-refractivity contribution is 6.32. The summed E-state index contributed by atoms with van der Waals surface area (Å²) in [6, 6.07) is 11.0. The summed E-state index contributed by atoms with van der Waals surface area (Å²) in [5.41, 5.74) is 4.61. The quantitative estimate of drug-likeness (QED) is 0.654. The van der Waals surface area contributed by atoms with Crippen molar-refractivity contribution < 1.29 is 9.18 Å². The SMILES string of the molecule is CCCC1CCN(c2ccc(N/C=C3/C(=O)Nc4cccc(C)c43)cc2F)CC1. The largest absolute Gasteiger partial charge is 0.369 e. The van der Waals surface area contributed by atoms with Gasteiger partial charge in [-0.25, -0.2) is 4.39 Å². The first-order valence-corrected chi connectivity index (χ1v) is 10.5. The van der Waals surface area contributed by atoms with Crippen molar-refractivity contribution in [3.8, 4) is 0 Å². The van der Waals surface area contributed by atoms with E-state index in [0.717, 1.165) is 48.7 Å².